The van der Waals surface area contributed by atoms with E-state index in [9.17, 15) is 0 Å². The molecular weight excluding hydrogens is 76.1 g/mol. The minimum atomic E-state index is -2.14. The highest BCUT2D eigenvalue weighted by molar-refractivity contribution is 4.68. The Morgan fingerprint density at radius 3 is 3.33 bits per heavy atom. The number of nitrogens with one attached hydrogen (secondary N) is 2. The molecule has 1 heterocycles. The van der Waals surface area contributed by atoms with Gasteiger partial charge in [-0.05, 0) is 6.92 Å². The molecule has 2 heteroatoms. The first-order valence-corrected chi connectivity index (χ1v) is 1.84. The Balaban J connectivity index is 2.89. The maximum absolute atomic E-state index is 7.41. The van der Waals surface area contributed by atoms with Crippen LogP contribution >= 0.6 is 0 Å². The van der Waals surface area contributed by atoms with Crippen LogP contribution in [0.3, 0.4) is 0 Å². The largest absolute Gasteiger partial charge is 0.303 e. The highest BCUT2D eigenvalue weighted by Gasteiger charge is 2.04. The van der Waals surface area contributed by atoms with Crippen molar-refractivity contribution in [3.63, 3.8) is 0 Å². The van der Waals surface area contributed by atoms with E-state index in [1.54, 1.807) is 0 Å². The van der Waals surface area contributed by atoms with Gasteiger partial charge in [-0.25, -0.2) is 0 Å². The first kappa shape index (κ1) is 1.20. The van der Waals surface area contributed by atoms with E-state index in [0.29, 0.717) is 10.6 Å². The molecule has 2 N–H and O–H groups in total. The molecule has 0 saturated carbocycles. The van der Waals surface area contributed by atoms with Crippen molar-refractivity contribution in [2.75, 3.05) is 13.2 Å². The molecule has 1 unspecified atom stereocenters. The van der Waals surface area contributed by atoms with Crippen LogP contribution in [0.1, 0.15) is 11.0 Å². The van der Waals surface area contributed by atoms with Crippen LogP contribution in [0.2, 0.25) is 2.82 Å². The predicted molar refractivity (Wildman–Crippen MR) is 25.5 cm³/mol. The second-order valence-electron chi connectivity index (χ2n) is 1.26. The fourth-order valence-electron chi connectivity index (χ4n) is 0.306. The molecule has 6 heavy (non-hydrogen) atoms. The summed E-state index contributed by atoms with van der Waals surface area (Å²) in [6.07, 6.45) is 0. The number of hydrogen-bond acceptors (Lipinski definition) is 2. The van der Waals surface area contributed by atoms with Gasteiger partial charge in [-0.3, -0.25) is 0 Å². The van der Waals surface area contributed by atoms with Gasteiger partial charge in [-0.1, -0.05) is 0 Å². The lowest BCUT2D eigenvalue weighted by molar-refractivity contribution is 0.692. The highest BCUT2D eigenvalue weighted by Crippen LogP contribution is 1.80. The Kier molecular flexibility index (Phi) is 0.316. The molecule has 1 saturated heterocycles. The molecule has 1 aliphatic rings. The lowest BCUT2D eigenvalue weighted by Crippen LogP contribution is -2.18. The molecule has 36 valence electrons. The van der Waals surface area contributed by atoms with Crippen LogP contribution in [-0.4, -0.2) is 19.2 Å². The molecule has 2 nitrogen and oxygen atoms in total. The summed E-state index contributed by atoms with van der Waals surface area (Å²) >= 11 is 0. The third kappa shape index (κ3) is 0.698. The molecular formula is C4H10N2. The standard InChI is InChI=1S/C4H10N2/c1-4-2-5-3-6-4/h4-6H,2-3H2,1H3/i3D2,4D/hD2. The quantitative estimate of drug-likeness (QED) is 0.421. The van der Waals surface area contributed by atoms with Gasteiger partial charge in [-0.15, -0.1) is 0 Å². The van der Waals surface area contributed by atoms with Gasteiger partial charge in [0.25, 0.3) is 0 Å². The molecule has 0 bridgehead atoms. The second kappa shape index (κ2) is 1.58. The smallest absolute Gasteiger partial charge is 0.124 e. The van der Waals surface area contributed by atoms with Gasteiger partial charge >= 0.3 is 0 Å². The Labute approximate surface area is 45.1 Å². The molecule has 1 aliphatic heterocycles. The van der Waals surface area contributed by atoms with Gasteiger partial charge in [0.15, 0.2) is 0 Å². The first-order valence-electron chi connectivity index (χ1n) is 4.24. The van der Waals surface area contributed by atoms with E-state index in [4.69, 9.17) is 6.94 Å². The van der Waals surface area contributed by atoms with Crippen LogP contribution in [0.5, 0.6) is 0 Å². The lowest BCUT2D eigenvalue weighted by atomic mass is 10.4. The van der Waals surface area contributed by atoms with Gasteiger partial charge in [0.2, 0.25) is 0 Å². The molecule has 0 aromatic heterocycles. The topological polar surface area (TPSA) is 24.1 Å². The zero-order valence-corrected chi connectivity index (χ0v) is 3.60. The van der Waals surface area contributed by atoms with Crippen molar-refractivity contribution < 1.29 is 6.94 Å². The van der Waals surface area contributed by atoms with E-state index >= 15 is 0 Å². The monoisotopic (exact) mass is 91.1 g/mol. The Hall–Kier alpha value is -0.0800. The Morgan fingerprint density at radius 2 is 3.17 bits per heavy atom. The molecule has 1 fully saturated rings. The molecule has 0 aromatic carbocycles. The van der Waals surface area contributed by atoms with Crippen LogP contribution in [-0.2, 0) is 0 Å². The van der Waals surface area contributed by atoms with Gasteiger partial charge in [0.05, 0.1) is 2.74 Å². The van der Waals surface area contributed by atoms with E-state index in [1.165, 1.54) is 6.92 Å². The van der Waals surface area contributed by atoms with Crippen molar-refractivity contribution in [3.05, 3.63) is 0 Å². The maximum Gasteiger partial charge on any atom is 0.124 e. The van der Waals surface area contributed by atoms with Crippen molar-refractivity contribution in [1.82, 2.24) is 10.6 Å². The predicted octanol–water partition coefficient (Wildman–Crippen LogP) is -0.475. The summed E-state index contributed by atoms with van der Waals surface area (Å²) in [5, 5.41) is 1.10. The minimum absolute atomic E-state index is 0.0799. The number of rotatable bonds is 0. The van der Waals surface area contributed by atoms with Crippen molar-refractivity contribution in [2.45, 2.75) is 12.9 Å². The van der Waals surface area contributed by atoms with E-state index in [1.807, 2.05) is 0 Å². The summed E-state index contributed by atoms with van der Waals surface area (Å²) < 4.78 is 36.0. The molecule has 1 rings (SSSR count). The average Bonchev–Trinajstić information content (AvgIpc) is 1.94. The van der Waals surface area contributed by atoms with Gasteiger partial charge < -0.3 is 10.6 Å². The van der Waals surface area contributed by atoms with Gasteiger partial charge in [0, 0.05) is 20.6 Å². The molecule has 0 aliphatic carbocycles. The average molecular weight is 91.2 g/mol. The van der Waals surface area contributed by atoms with Crippen molar-refractivity contribution >= 4 is 0 Å². The van der Waals surface area contributed by atoms with E-state index in [0.717, 1.165) is 0 Å². The first-order chi connectivity index (χ1) is 4.78. The van der Waals surface area contributed by atoms with Crippen LogP contribution < -0.4 is 10.6 Å². The maximum atomic E-state index is 7.41. The van der Waals surface area contributed by atoms with Crippen LogP contribution in [0, 0.1) is 0 Å². The zero-order chi connectivity index (χ0) is 8.86. The van der Waals surface area contributed by atoms with Gasteiger partial charge in [0.1, 0.15) is 2.82 Å². The van der Waals surface area contributed by atoms with E-state index < -0.39 is 12.6 Å². The molecule has 1 atom stereocenters. The van der Waals surface area contributed by atoms with E-state index in [2.05, 4.69) is 0 Å². The van der Waals surface area contributed by atoms with Crippen molar-refractivity contribution in [1.29, 1.82) is 0 Å². The van der Waals surface area contributed by atoms with Crippen molar-refractivity contribution in [3.8, 4) is 0 Å². The van der Waals surface area contributed by atoms with Crippen LogP contribution in [0.4, 0.5) is 0 Å². The fraction of sp³-hybridized carbons (Fsp3) is 1.00. The summed E-state index contributed by atoms with van der Waals surface area (Å²) in [4.78, 5) is 0. The van der Waals surface area contributed by atoms with Crippen LogP contribution in [0.15, 0.2) is 0 Å². The molecule has 0 radical (unpaired) electrons. The highest BCUT2D eigenvalue weighted by atomic mass is 15.2. The van der Waals surface area contributed by atoms with Gasteiger partial charge in [-0.2, -0.15) is 0 Å². The van der Waals surface area contributed by atoms with E-state index in [-0.39, 0.29) is 6.54 Å². The number of hydrogen-bond donors (Lipinski definition) is 2. The second-order valence-corrected chi connectivity index (χ2v) is 1.26. The fourth-order valence-corrected chi connectivity index (χ4v) is 0.306. The van der Waals surface area contributed by atoms with Crippen LogP contribution in [0.25, 0.3) is 0 Å². The third-order valence-corrected chi connectivity index (χ3v) is 0.619. The third-order valence-electron chi connectivity index (χ3n) is 0.619. The Bertz CT molecular complexity index is 170. The molecule has 0 spiro atoms. The van der Waals surface area contributed by atoms with Crippen molar-refractivity contribution in [2.24, 2.45) is 0 Å². The zero-order valence-electron chi connectivity index (χ0n) is 8.60. The Morgan fingerprint density at radius 1 is 2.33 bits per heavy atom. The summed E-state index contributed by atoms with van der Waals surface area (Å²) in [7, 11) is 0. The normalized spacial score (nSPS) is 73.8. The minimum Gasteiger partial charge on any atom is -0.303 e. The summed E-state index contributed by atoms with van der Waals surface area (Å²) in [6, 6.07) is -1.33. The summed E-state index contributed by atoms with van der Waals surface area (Å²) in [6.45, 7) is -0.813. The summed E-state index contributed by atoms with van der Waals surface area (Å²) in [5.74, 6) is 0. The SMILES string of the molecule is [2H]N1CC([2H])(C)N([2H])C1([2H])[2H]. The summed E-state index contributed by atoms with van der Waals surface area (Å²) in [5.41, 5.74) is 0. The molecule has 0 amide bonds. The molecule has 0 aromatic rings. The lowest BCUT2D eigenvalue weighted by Gasteiger charge is -1.93.